The third-order valence-electron chi connectivity index (χ3n) is 1.26. The van der Waals surface area contributed by atoms with Gasteiger partial charge in [0.15, 0.2) is 0 Å². The molecule has 0 aliphatic carbocycles. The zero-order valence-corrected chi connectivity index (χ0v) is 7.96. The molecular weight excluding hydrogens is 142 g/mol. The molecule has 0 aromatic rings. The number of hydrogen-bond donors (Lipinski definition) is 0. The first-order chi connectivity index (χ1) is 5.16. The van der Waals surface area contributed by atoms with E-state index in [1.165, 1.54) is 0 Å². The standard InChI is InChI=1S/C8H19NO2/c1-5-10-7-11-8(2)6-9(3)4/h8H,5-7H2,1-4H3/t8-/m1/s1. The normalized spacial score (nSPS) is 13.9. The van der Waals surface area contributed by atoms with Crippen LogP contribution in [0.15, 0.2) is 0 Å². The monoisotopic (exact) mass is 161 g/mol. The van der Waals surface area contributed by atoms with Gasteiger partial charge in [-0.1, -0.05) is 0 Å². The van der Waals surface area contributed by atoms with Gasteiger partial charge in [-0.3, -0.25) is 0 Å². The Hall–Kier alpha value is -0.120. The van der Waals surface area contributed by atoms with E-state index in [0.717, 1.165) is 6.54 Å². The summed E-state index contributed by atoms with van der Waals surface area (Å²) < 4.78 is 10.4. The van der Waals surface area contributed by atoms with E-state index in [2.05, 4.69) is 4.90 Å². The zero-order chi connectivity index (χ0) is 8.69. The highest BCUT2D eigenvalue weighted by molar-refractivity contribution is 4.51. The highest BCUT2D eigenvalue weighted by Gasteiger charge is 2.01. The summed E-state index contributed by atoms with van der Waals surface area (Å²) in [6, 6.07) is 0. The zero-order valence-electron chi connectivity index (χ0n) is 7.96. The summed E-state index contributed by atoms with van der Waals surface area (Å²) in [7, 11) is 4.06. The molecule has 0 amide bonds. The minimum Gasteiger partial charge on any atom is -0.356 e. The van der Waals surface area contributed by atoms with Gasteiger partial charge < -0.3 is 14.4 Å². The lowest BCUT2D eigenvalue weighted by Gasteiger charge is -2.16. The van der Waals surface area contributed by atoms with E-state index in [4.69, 9.17) is 9.47 Å². The van der Waals surface area contributed by atoms with Gasteiger partial charge >= 0.3 is 0 Å². The molecular formula is C8H19NO2. The fourth-order valence-electron chi connectivity index (χ4n) is 0.815. The summed E-state index contributed by atoms with van der Waals surface area (Å²) in [5, 5.41) is 0. The third kappa shape index (κ3) is 7.78. The van der Waals surface area contributed by atoms with Gasteiger partial charge in [-0.25, -0.2) is 0 Å². The Labute approximate surface area is 69.3 Å². The Morgan fingerprint density at radius 1 is 1.36 bits per heavy atom. The Balaban J connectivity index is 3.15. The van der Waals surface area contributed by atoms with E-state index in [1.54, 1.807) is 0 Å². The number of rotatable bonds is 6. The van der Waals surface area contributed by atoms with Gasteiger partial charge in [-0.2, -0.15) is 0 Å². The molecule has 0 aliphatic heterocycles. The van der Waals surface area contributed by atoms with Crippen molar-refractivity contribution in [2.45, 2.75) is 20.0 Å². The van der Waals surface area contributed by atoms with Gasteiger partial charge in [-0.15, -0.1) is 0 Å². The van der Waals surface area contributed by atoms with E-state index in [1.807, 2.05) is 27.9 Å². The summed E-state index contributed by atoms with van der Waals surface area (Å²) in [6.45, 7) is 6.06. The second-order valence-electron chi connectivity index (χ2n) is 2.85. The number of hydrogen-bond acceptors (Lipinski definition) is 3. The van der Waals surface area contributed by atoms with Crippen LogP contribution in [0.2, 0.25) is 0 Å². The lowest BCUT2D eigenvalue weighted by Crippen LogP contribution is -2.26. The van der Waals surface area contributed by atoms with E-state index in [9.17, 15) is 0 Å². The average molecular weight is 161 g/mol. The van der Waals surface area contributed by atoms with E-state index >= 15 is 0 Å². The van der Waals surface area contributed by atoms with Crippen molar-refractivity contribution in [1.29, 1.82) is 0 Å². The van der Waals surface area contributed by atoms with Crippen molar-refractivity contribution in [3.05, 3.63) is 0 Å². The van der Waals surface area contributed by atoms with Crippen molar-refractivity contribution in [2.24, 2.45) is 0 Å². The first-order valence-electron chi connectivity index (χ1n) is 4.01. The molecule has 0 saturated heterocycles. The van der Waals surface area contributed by atoms with Crippen LogP contribution >= 0.6 is 0 Å². The fraction of sp³-hybridized carbons (Fsp3) is 1.00. The molecule has 1 atom stereocenters. The topological polar surface area (TPSA) is 21.7 Å². The van der Waals surface area contributed by atoms with Crippen LogP contribution in [0.3, 0.4) is 0 Å². The molecule has 0 spiro atoms. The Kier molecular flexibility index (Phi) is 6.51. The Morgan fingerprint density at radius 3 is 2.45 bits per heavy atom. The van der Waals surface area contributed by atoms with Gasteiger partial charge in [0, 0.05) is 13.2 Å². The number of nitrogens with zero attached hydrogens (tertiary/aromatic N) is 1. The maximum absolute atomic E-state index is 5.33. The molecule has 11 heavy (non-hydrogen) atoms. The third-order valence-corrected chi connectivity index (χ3v) is 1.26. The molecule has 0 aromatic carbocycles. The fourth-order valence-corrected chi connectivity index (χ4v) is 0.815. The van der Waals surface area contributed by atoms with Crippen LogP contribution in [0.5, 0.6) is 0 Å². The lowest BCUT2D eigenvalue weighted by molar-refractivity contribution is -0.0849. The van der Waals surface area contributed by atoms with Crippen molar-refractivity contribution in [2.75, 3.05) is 34.0 Å². The van der Waals surface area contributed by atoms with Gasteiger partial charge in [0.25, 0.3) is 0 Å². The van der Waals surface area contributed by atoms with Gasteiger partial charge in [0.05, 0.1) is 6.10 Å². The largest absolute Gasteiger partial charge is 0.356 e. The lowest BCUT2D eigenvalue weighted by atomic mass is 10.4. The summed E-state index contributed by atoms with van der Waals surface area (Å²) in [5.41, 5.74) is 0. The Bertz CT molecular complexity index is 86.2. The quantitative estimate of drug-likeness (QED) is 0.427. The van der Waals surface area contributed by atoms with Crippen LogP contribution in [0.25, 0.3) is 0 Å². The highest BCUT2D eigenvalue weighted by atomic mass is 16.7. The SMILES string of the molecule is CCOCO[C@H](C)CN(C)C. The van der Waals surface area contributed by atoms with Crippen molar-refractivity contribution >= 4 is 0 Å². The molecule has 0 aliphatic rings. The Morgan fingerprint density at radius 2 is 2.00 bits per heavy atom. The highest BCUT2D eigenvalue weighted by Crippen LogP contribution is 1.92. The maximum atomic E-state index is 5.33. The first kappa shape index (κ1) is 10.9. The second-order valence-corrected chi connectivity index (χ2v) is 2.85. The van der Waals surface area contributed by atoms with Crippen LogP contribution in [-0.4, -0.2) is 45.0 Å². The van der Waals surface area contributed by atoms with Crippen LogP contribution < -0.4 is 0 Å². The van der Waals surface area contributed by atoms with Crippen molar-refractivity contribution in [3.63, 3.8) is 0 Å². The molecule has 3 nitrogen and oxygen atoms in total. The molecule has 68 valence electrons. The minimum absolute atomic E-state index is 0.247. The van der Waals surface area contributed by atoms with Crippen LogP contribution in [0.1, 0.15) is 13.8 Å². The molecule has 0 N–H and O–H groups in total. The van der Waals surface area contributed by atoms with Crippen molar-refractivity contribution < 1.29 is 9.47 Å². The smallest absolute Gasteiger partial charge is 0.147 e. The van der Waals surface area contributed by atoms with E-state index < -0.39 is 0 Å². The van der Waals surface area contributed by atoms with E-state index in [-0.39, 0.29) is 6.10 Å². The second kappa shape index (κ2) is 6.58. The van der Waals surface area contributed by atoms with Crippen LogP contribution in [0, 0.1) is 0 Å². The molecule has 0 fully saturated rings. The van der Waals surface area contributed by atoms with Crippen molar-refractivity contribution in [1.82, 2.24) is 4.90 Å². The molecule has 3 heteroatoms. The molecule has 0 bridgehead atoms. The molecule has 0 unspecified atom stereocenters. The van der Waals surface area contributed by atoms with Gasteiger partial charge in [0.1, 0.15) is 6.79 Å². The van der Waals surface area contributed by atoms with E-state index in [0.29, 0.717) is 13.4 Å². The summed E-state index contributed by atoms with van der Waals surface area (Å²) in [6.07, 6.45) is 0.247. The first-order valence-corrected chi connectivity index (χ1v) is 4.01. The molecule has 0 rings (SSSR count). The van der Waals surface area contributed by atoms with Crippen molar-refractivity contribution in [3.8, 4) is 0 Å². The predicted octanol–water partition coefficient (Wildman–Crippen LogP) is 0.947. The van der Waals surface area contributed by atoms with Gasteiger partial charge in [-0.05, 0) is 27.9 Å². The summed E-state index contributed by atoms with van der Waals surface area (Å²) in [4.78, 5) is 2.09. The summed E-state index contributed by atoms with van der Waals surface area (Å²) in [5.74, 6) is 0. The average Bonchev–Trinajstić information content (AvgIpc) is 1.86. The minimum atomic E-state index is 0.247. The molecule has 0 heterocycles. The predicted molar refractivity (Wildman–Crippen MR) is 45.6 cm³/mol. The van der Waals surface area contributed by atoms with Crippen LogP contribution in [-0.2, 0) is 9.47 Å². The number of likely N-dealkylation sites (N-methyl/N-ethyl adjacent to an activating group) is 1. The number of ether oxygens (including phenoxy) is 2. The molecule has 0 aromatic heterocycles. The maximum Gasteiger partial charge on any atom is 0.147 e. The van der Waals surface area contributed by atoms with Crippen LogP contribution in [0.4, 0.5) is 0 Å². The van der Waals surface area contributed by atoms with Gasteiger partial charge in [0.2, 0.25) is 0 Å². The molecule has 0 saturated carbocycles. The molecule has 0 radical (unpaired) electrons. The summed E-state index contributed by atoms with van der Waals surface area (Å²) >= 11 is 0.